The monoisotopic (exact) mass is 311 g/mol. The molecule has 0 radical (unpaired) electrons. The van der Waals surface area contributed by atoms with Gasteiger partial charge in [0, 0.05) is 23.0 Å². The Bertz CT molecular complexity index is 574. The molecule has 0 aliphatic rings. The average molecular weight is 312 g/mol. The van der Waals surface area contributed by atoms with Crippen molar-refractivity contribution in [2.24, 2.45) is 0 Å². The standard InChI is InChI=1S/C16H16Cl2FN/c1-16(11-17,13-5-3-2-4-6-13)20-10-12-7-8-14(18)9-15(12)19/h2-9,20H,10-11H2,1H3. The summed E-state index contributed by atoms with van der Waals surface area (Å²) >= 11 is 11.8. The van der Waals surface area contributed by atoms with Crippen molar-refractivity contribution in [1.82, 2.24) is 5.32 Å². The molecule has 0 aliphatic carbocycles. The third-order valence-electron chi connectivity index (χ3n) is 3.36. The largest absolute Gasteiger partial charge is 0.302 e. The number of rotatable bonds is 5. The van der Waals surface area contributed by atoms with Crippen LogP contribution in [0, 0.1) is 5.82 Å². The van der Waals surface area contributed by atoms with Gasteiger partial charge in [0.05, 0.1) is 5.54 Å². The molecule has 0 aliphatic heterocycles. The Morgan fingerprint density at radius 3 is 2.45 bits per heavy atom. The van der Waals surface area contributed by atoms with E-state index in [1.807, 2.05) is 37.3 Å². The molecule has 1 N–H and O–H groups in total. The summed E-state index contributed by atoms with van der Waals surface area (Å²) in [5.41, 5.74) is 1.24. The van der Waals surface area contributed by atoms with Crippen molar-refractivity contribution >= 4 is 23.2 Å². The van der Waals surface area contributed by atoms with Crippen LogP contribution in [0.2, 0.25) is 5.02 Å². The van der Waals surface area contributed by atoms with Crippen LogP contribution >= 0.6 is 23.2 Å². The predicted octanol–water partition coefficient (Wildman–Crippen LogP) is 4.72. The fraction of sp³-hybridized carbons (Fsp3) is 0.250. The van der Waals surface area contributed by atoms with Crippen LogP contribution in [-0.2, 0) is 12.1 Å². The Kier molecular flexibility index (Phi) is 5.03. The molecule has 0 fully saturated rings. The summed E-state index contributed by atoms with van der Waals surface area (Å²) in [6, 6.07) is 14.6. The van der Waals surface area contributed by atoms with Crippen LogP contribution in [-0.4, -0.2) is 5.88 Å². The third-order valence-corrected chi connectivity index (χ3v) is 4.13. The van der Waals surface area contributed by atoms with Crippen molar-refractivity contribution in [3.8, 4) is 0 Å². The van der Waals surface area contributed by atoms with E-state index in [9.17, 15) is 4.39 Å². The van der Waals surface area contributed by atoms with E-state index < -0.39 is 5.54 Å². The van der Waals surface area contributed by atoms with Gasteiger partial charge in [-0.3, -0.25) is 0 Å². The molecule has 4 heteroatoms. The zero-order chi connectivity index (χ0) is 14.6. The van der Waals surface area contributed by atoms with Crippen LogP contribution in [0.1, 0.15) is 18.1 Å². The van der Waals surface area contributed by atoms with Gasteiger partial charge in [-0.2, -0.15) is 0 Å². The van der Waals surface area contributed by atoms with Crippen molar-refractivity contribution < 1.29 is 4.39 Å². The van der Waals surface area contributed by atoms with Gasteiger partial charge in [-0.15, -0.1) is 11.6 Å². The zero-order valence-electron chi connectivity index (χ0n) is 11.2. The Morgan fingerprint density at radius 2 is 1.85 bits per heavy atom. The van der Waals surface area contributed by atoms with E-state index in [-0.39, 0.29) is 5.82 Å². The fourth-order valence-corrected chi connectivity index (χ4v) is 2.40. The van der Waals surface area contributed by atoms with Gasteiger partial charge in [0.25, 0.3) is 0 Å². The van der Waals surface area contributed by atoms with E-state index in [0.717, 1.165) is 5.56 Å². The molecule has 20 heavy (non-hydrogen) atoms. The second-order valence-electron chi connectivity index (χ2n) is 4.92. The highest BCUT2D eigenvalue weighted by molar-refractivity contribution is 6.30. The molecule has 106 valence electrons. The molecule has 1 atom stereocenters. The number of halogens is 3. The highest BCUT2D eigenvalue weighted by Gasteiger charge is 2.24. The van der Waals surface area contributed by atoms with Crippen molar-refractivity contribution in [1.29, 1.82) is 0 Å². The van der Waals surface area contributed by atoms with Gasteiger partial charge in [-0.1, -0.05) is 48.0 Å². The van der Waals surface area contributed by atoms with E-state index in [1.165, 1.54) is 6.07 Å². The summed E-state index contributed by atoms with van der Waals surface area (Å²) in [6.07, 6.45) is 0. The second-order valence-corrected chi connectivity index (χ2v) is 5.62. The van der Waals surface area contributed by atoms with E-state index in [0.29, 0.717) is 23.0 Å². The van der Waals surface area contributed by atoms with Crippen LogP contribution in [0.3, 0.4) is 0 Å². The van der Waals surface area contributed by atoms with E-state index in [4.69, 9.17) is 23.2 Å². The van der Waals surface area contributed by atoms with Gasteiger partial charge in [-0.25, -0.2) is 4.39 Å². The molecule has 2 aromatic rings. The summed E-state index contributed by atoms with van der Waals surface area (Å²) < 4.78 is 13.8. The smallest absolute Gasteiger partial charge is 0.129 e. The first-order valence-electron chi connectivity index (χ1n) is 6.35. The van der Waals surface area contributed by atoms with Crippen molar-refractivity contribution in [3.63, 3.8) is 0 Å². The lowest BCUT2D eigenvalue weighted by Crippen LogP contribution is -2.41. The van der Waals surface area contributed by atoms with Crippen LogP contribution in [0.15, 0.2) is 48.5 Å². The normalized spacial score (nSPS) is 14.0. The summed E-state index contributed by atoms with van der Waals surface area (Å²) in [5.74, 6) is 0.0849. The van der Waals surface area contributed by atoms with Crippen molar-refractivity contribution in [3.05, 3.63) is 70.5 Å². The fourth-order valence-electron chi connectivity index (χ4n) is 1.99. The maximum absolute atomic E-state index is 13.8. The first-order chi connectivity index (χ1) is 9.55. The minimum Gasteiger partial charge on any atom is -0.302 e. The molecule has 2 rings (SSSR count). The molecule has 0 bridgehead atoms. The number of alkyl halides is 1. The lowest BCUT2D eigenvalue weighted by Gasteiger charge is -2.29. The first kappa shape index (κ1) is 15.3. The minimum absolute atomic E-state index is 0.310. The number of nitrogens with one attached hydrogen (secondary N) is 1. The zero-order valence-corrected chi connectivity index (χ0v) is 12.7. The number of hydrogen-bond acceptors (Lipinski definition) is 1. The molecule has 0 aromatic heterocycles. The maximum Gasteiger partial charge on any atom is 0.129 e. The quantitative estimate of drug-likeness (QED) is 0.788. The summed E-state index contributed by atoms with van der Waals surface area (Å²) in [4.78, 5) is 0. The SMILES string of the molecule is CC(CCl)(NCc1ccc(Cl)cc1F)c1ccccc1. The summed E-state index contributed by atoms with van der Waals surface area (Å²) in [6.45, 7) is 2.39. The van der Waals surface area contributed by atoms with Crippen molar-refractivity contribution in [2.75, 3.05) is 5.88 Å². The van der Waals surface area contributed by atoms with Gasteiger partial charge in [-0.05, 0) is 24.6 Å². The predicted molar refractivity (Wildman–Crippen MR) is 82.8 cm³/mol. The molecule has 1 nitrogen and oxygen atoms in total. The molecular weight excluding hydrogens is 296 g/mol. The highest BCUT2D eigenvalue weighted by atomic mass is 35.5. The second kappa shape index (κ2) is 6.57. The van der Waals surface area contributed by atoms with Crippen LogP contribution in [0.5, 0.6) is 0 Å². The Hall–Kier alpha value is -1.09. The highest BCUT2D eigenvalue weighted by Crippen LogP contribution is 2.23. The molecule has 0 amide bonds. The summed E-state index contributed by atoms with van der Waals surface area (Å²) in [5, 5.41) is 3.72. The van der Waals surface area contributed by atoms with Gasteiger partial charge >= 0.3 is 0 Å². The molecule has 0 saturated heterocycles. The van der Waals surface area contributed by atoms with E-state index in [1.54, 1.807) is 12.1 Å². The van der Waals surface area contributed by atoms with E-state index in [2.05, 4.69) is 5.32 Å². The van der Waals surface area contributed by atoms with Gasteiger partial charge in [0.15, 0.2) is 0 Å². The third kappa shape index (κ3) is 3.51. The molecule has 0 spiro atoms. The number of hydrogen-bond donors (Lipinski definition) is 1. The topological polar surface area (TPSA) is 12.0 Å². The lowest BCUT2D eigenvalue weighted by molar-refractivity contribution is 0.402. The number of benzene rings is 2. The van der Waals surface area contributed by atoms with Gasteiger partial charge in [0.1, 0.15) is 5.82 Å². The van der Waals surface area contributed by atoms with Crippen molar-refractivity contribution in [2.45, 2.75) is 19.0 Å². The minimum atomic E-state index is -0.408. The van der Waals surface area contributed by atoms with Crippen LogP contribution < -0.4 is 5.32 Å². The molecule has 0 heterocycles. The summed E-state index contributed by atoms with van der Waals surface area (Å²) in [7, 11) is 0. The average Bonchev–Trinajstić information content (AvgIpc) is 2.47. The van der Waals surface area contributed by atoms with Gasteiger partial charge in [0.2, 0.25) is 0 Å². The lowest BCUT2D eigenvalue weighted by atomic mass is 9.94. The van der Waals surface area contributed by atoms with Crippen LogP contribution in [0.4, 0.5) is 4.39 Å². The maximum atomic E-state index is 13.8. The Morgan fingerprint density at radius 1 is 1.15 bits per heavy atom. The Balaban J connectivity index is 2.15. The molecular formula is C16H16Cl2FN. The molecule has 0 saturated carbocycles. The Labute approximate surface area is 128 Å². The molecule has 2 aromatic carbocycles. The van der Waals surface area contributed by atoms with E-state index >= 15 is 0 Å². The first-order valence-corrected chi connectivity index (χ1v) is 7.27. The van der Waals surface area contributed by atoms with Crippen LogP contribution in [0.25, 0.3) is 0 Å². The molecule has 1 unspecified atom stereocenters. The van der Waals surface area contributed by atoms with Gasteiger partial charge < -0.3 is 5.32 Å².